The lowest BCUT2D eigenvalue weighted by molar-refractivity contribution is 0.425. The third kappa shape index (κ3) is 2.30. The summed E-state index contributed by atoms with van der Waals surface area (Å²) >= 11 is 3.14. The van der Waals surface area contributed by atoms with Crippen LogP contribution >= 0.6 is 15.9 Å². The molecule has 20 heavy (non-hydrogen) atoms. The smallest absolute Gasteiger partial charge is 0.256 e. The van der Waals surface area contributed by atoms with Crippen LogP contribution in [-0.4, -0.2) is 9.97 Å². The standard InChI is InChI=1S/C14H9BrFN3O/c15-8-6-10(16)14(19-7-8)20-12-4-3-11(17)9-2-1-5-18-13(9)12/h1-7H,17H2. The molecule has 6 heteroatoms. The number of nitrogens with two attached hydrogens (primary N) is 1. The van der Waals surface area contributed by atoms with Crippen molar-refractivity contribution in [3.63, 3.8) is 0 Å². The molecule has 0 bridgehead atoms. The number of benzene rings is 1. The maximum absolute atomic E-state index is 13.8. The van der Waals surface area contributed by atoms with E-state index in [0.29, 0.717) is 21.4 Å². The van der Waals surface area contributed by atoms with Crippen LogP contribution in [0.2, 0.25) is 0 Å². The molecular weight excluding hydrogens is 325 g/mol. The van der Waals surface area contributed by atoms with Crippen molar-refractivity contribution in [1.82, 2.24) is 9.97 Å². The molecule has 1 aromatic carbocycles. The molecule has 0 aliphatic rings. The zero-order chi connectivity index (χ0) is 14.1. The molecule has 100 valence electrons. The highest BCUT2D eigenvalue weighted by atomic mass is 79.9. The highest BCUT2D eigenvalue weighted by Crippen LogP contribution is 2.32. The molecule has 0 aliphatic carbocycles. The number of fused-ring (bicyclic) bond motifs is 1. The van der Waals surface area contributed by atoms with Gasteiger partial charge in [0.05, 0.1) is 0 Å². The number of anilines is 1. The first-order valence-electron chi connectivity index (χ1n) is 5.77. The van der Waals surface area contributed by atoms with E-state index >= 15 is 0 Å². The maximum atomic E-state index is 13.8. The lowest BCUT2D eigenvalue weighted by atomic mass is 10.2. The van der Waals surface area contributed by atoms with Crippen molar-refractivity contribution in [3.05, 3.63) is 53.0 Å². The van der Waals surface area contributed by atoms with E-state index in [9.17, 15) is 4.39 Å². The molecule has 0 spiro atoms. The van der Waals surface area contributed by atoms with Gasteiger partial charge in [0, 0.05) is 27.9 Å². The van der Waals surface area contributed by atoms with Crippen LogP contribution in [0.25, 0.3) is 10.9 Å². The Bertz CT molecular complexity index is 794. The van der Waals surface area contributed by atoms with Gasteiger partial charge in [0.2, 0.25) is 0 Å². The Morgan fingerprint density at radius 3 is 2.85 bits per heavy atom. The third-order valence-corrected chi connectivity index (χ3v) is 3.18. The number of rotatable bonds is 2. The Morgan fingerprint density at radius 2 is 2.05 bits per heavy atom. The van der Waals surface area contributed by atoms with Crippen molar-refractivity contribution < 1.29 is 9.13 Å². The van der Waals surface area contributed by atoms with Crippen molar-refractivity contribution in [2.75, 3.05) is 5.73 Å². The molecule has 4 nitrogen and oxygen atoms in total. The van der Waals surface area contributed by atoms with Crippen LogP contribution < -0.4 is 10.5 Å². The Labute approximate surface area is 122 Å². The molecule has 0 amide bonds. The van der Waals surface area contributed by atoms with Gasteiger partial charge in [-0.1, -0.05) is 0 Å². The molecule has 2 aromatic heterocycles. The minimum atomic E-state index is -0.555. The summed E-state index contributed by atoms with van der Waals surface area (Å²) in [6, 6.07) is 8.23. The number of aromatic nitrogens is 2. The number of pyridine rings is 2. The van der Waals surface area contributed by atoms with E-state index in [1.54, 1.807) is 24.4 Å². The second kappa shape index (κ2) is 5.05. The fraction of sp³-hybridized carbons (Fsp3) is 0. The minimum absolute atomic E-state index is 0.107. The number of nitrogens with zero attached hydrogens (tertiary/aromatic N) is 2. The second-order valence-electron chi connectivity index (χ2n) is 4.10. The van der Waals surface area contributed by atoms with Gasteiger partial charge in [0.15, 0.2) is 11.6 Å². The highest BCUT2D eigenvalue weighted by molar-refractivity contribution is 9.10. The summed E-state index contributed by atoms with van der Waals surface area (Å²) in [5, 5.41) is 0.752. The Kier molecular flexibility index (Phi) is 3.23. The SMILES string of the molecule is Nc1ccc(Oc2ncc(Br)cc2F)c2ncccc12. The summed E-state index contributed by atoms with van der Waals surface area (Å²) in [6.45, 7) is 0. The Balaban J connectivity index is 2.09. The summed E-state index contributed by atoms with van der Waals surface area (Å²) in [6.07, 6.45) is 3.09. The monoisotopic (exact) mass is 333 g/mol. The molecule has 0 radical (unpaired) electrons. The van der Waals surface area contributed by atoms with Gasteiger partial charge in [-0.3, -0.25) is 4.98 Å². The molecule has 2 heterocycles. The molecule has 3 rings (SSSR count). The van der Waals surface area contributed by atoms with Crippen molar-refractivity contribution in [2.45, 2.75) is 0 Å². The van der Waals surface area contributed by atoms with Crippen LogP contribution in [0.1, 0.15) is 0 Å². The van der Waals surface area contributed by atoms with Crippen molar-refractivity contribution in [2.24, 2.45) is 0 Å². The minimum Gasteiger partial charge on any atom is -0.434 e. The molecule has 0 atom stereocenters. The third-order valence-electron chi connectivity index (χ3n) is 2.75. The van der Waals surface area contributed by atoms with Gasteiger partial charge in [0.25, 0.3) is 5.88 Å². The highest BCUT2D eigenvalue weighted by Gasteiger charge is 2.11. The van der Waals surface area contributed by atoms with Crippen LogP contribution in [0, 0.1) is 5.82 Å². The van der Waals surface area contributed by atoms with Gasteiger partial charge in [-0.25, -0.2) is 9.37 Å². The number of ether oxygens (including phenoxy) is 1. The summed E-state index contributed by atoms with van der Waals surface area (Å²) in [4.78, 5) is 8.12. The fourth-order valence-corrected chi connectivity index (χ4v) is 2.14. The van der Waals surface area contributed by atoms with Crippen molar-refractivity contribution in [1.29, 1.82) is 0 Å². The first kappa shape index (κ1) is 12.8. The fourth-order valence-electron chi connectivity index (χ4n) is 1.83. The molecule has 0 saturated carbocycles. The first-order chi connectivity index (χ1) is 9.65. The van der Waals surface area contributed by atoms with Gasteiger partial charge >= 0.3 is 0 Å². The second-order valence-corrected chi connectivity index (χ2v) is 5.01. The number of hydrogen-bond acceptors (Lipinski definition) is 4. The van der Waals surface area contributed by atoms with Crippen LogP contribution in [0.15, 0.2) is 47.2 Å². The van der Waals surface area contributed by atoms with Crippen LogP contribution in [-0.2, 0) is 0 Å². The molecule has 0 unspecified atom stereocenters. The van der Waals surface area contributed by atoms with Gasteiger partial charge in [-0.15, -0.1) is 0 Å². The normalized spacial score (nSPS) is 10.7. The van der Waals surface area contributed by atoms with E-state index in [1.807, 2.05) is 6.07 Å². The number of halogens is 2. The zero-order valence-electron chi connectivity index (χ0n) is 10.2. The topological polar surface area (TPSA) is 61.0 Å². The number of hydrogen-bond donors (Lipinski definition) is 1. The largest absolute Gasteiger partial charge is 0.434 e. The molecule has 2 N–H and O–H groups in total. The van der Waals surface area contributed by atoms with Crippen LogP contribution in [0.4, 0.5) is 10.1 Å². The molecular formula is C14H9BrFN3O. The predicted octanol–water partition coefficient (Wildman–Crippen LogP) is 3.91. The lowest BCUT2D eigenvalue weighted by Gasteiger charge is -2.09. The summed E-state index contributed by atoms with van der Waals surface area (Å²) in [5.74, 6) is -0.256. The van der Waals surface area contributed by atoms with Gasteiger partial charge < -0.3 is 10.5 Å². The average Bonchev–Trinajstić information content (AvgIpc) is 2.45. The van der Waals surface area contributed by atoms with E-state index in [0.717, 1.165) is 5.39 Å². The number of nitrogen functional groups attached to an aromatic ring is 1. The van der Waals surface area contributed by atoms with E-state index < -0.39 is 5.82 Å². The summed E-state index contributed by atoms with van der Waals surface area (Å²) in [5.41, 5.74) is 7.03. The van der Waals surface area contributed by atoms with Crippen LogP contribution in [0.5, 0.6) is 11.6 Å². The predicted molar refractivity (Wildman–Crippen MR) is 78.1 cm³/mol. The summed E-state index contributed by atoms with van der Waals surface area (Å²) < 4.78 is 19.8. The van der Waals surface area contributed by atoms with Gasteiger partial charge in [-0.2, -0.15) is 0 Å². The molecule has 0 fully saturated rings. The zero-order valence-corrected chi connectivity index (χ0v) is 11.8. The first-order valence-corrected chi connectivity index (χ1v) is 6.56. The average molecular weight is 334 g/mol. The molecule has 3 aromatic rings. The lowest BCUT2D eigenvalue weighted by Crippen LogP contribution is -1.95. The van der Waals surface area contributed by atoms with Crippen molar-refractivity contribution >= 4 is 32.5 Å². The van der Waals surface area contributed by atoms with Crippen molar-refractivity contribution in [3.8, 4) is 11.6 Å². The molecule has 0 aliphatic heterocycles. The molecule has 0 saturated heterocycles. The summed E-state index contributed by atoms with van der Waals surface area (Å²) in [7, 11) is 0. The van der Waals surface area contributed by atoms with Gasteiger partial charge in [0.1, 0.15) is 5.52 Å². The van der Waals surface area contributed by atoms with Crippen LogP contribution in [0.3, 0.4) is 0 Å². The Morgan fingerprint density at radius 1 is 1.20 bits per heavy atom. The van der Waals surface area contributed by atoms with E-state index in [1.165, 1.54) is 12.3 Å². The maximum Gasteiger partial charge on any atom is 0.256 e. The van der Waals surface area contributed by atoms with E-state index in [2.05, 4.69) is 25.9 Å². The van der Waals surface area contributed by atoms with E-state index in [4.69, 9.17) is 10.5 Å². The van der Waals surface area contributed by atoms with Gasteiger partial charge in [-0.05, 0) is 46.3 Å². The Hall–Kier alpha value is -2.21. The van der Waals surface area contributed by atoms with E-state index in [-0.39, 0.29) is 5.88 Å². The quantitative estimate of drug-likeness (QED) is 0.722.